The van der Waals surface area contributed by atoms with Gasteiger partial charge in [-0.2, -0.15) is 0 Å². The van der Waals surface area contributed by atoms with E-state index in [-0.39, 0.29) is 12.3 Å². The fourth-order valence-electron chi connectivity index (χ4n) is 2.08. The minimum Gasteiger partial charge on any atom is -0.489 e. The fourth-order valence-corrected chi connectivity index (χ4v) is 2.08. The smallest absolute Gasteiger partial charge is 0.269 e. The molecule has 5 heteroatoms. The van der Waals surface area contributed by atoms with E-state index in [4.69, 9.17) is 10.5 Å². The van der Waals surface area contributed by atoms with E-state index in [1.165, 1.54) is 18.2 Å². The summed E-state index contributed by atoms with van der Waals surface area (Å²) in [5.74, 6) is 1.11. The second-order valence-electron chi connectivity index (χ2n) is 5.12. The number of benzene rings is 2. The van der Waals surface area contributed by atoms with Crippen LogP contribution in [0.4, 0.5) is 11.4 Å². The van der Waals surface area contributed by atoms with Crippen LogP contribution >= 0.6 is 0 Å². The second kappa shape index (κ2) is 6.26. The lowest BCUT2D eigenvalue weighted by Crippen LogP contribution is -2.03. The summed E-state index contributed by atoms with van der Waals surface area (Å²) in [4.78, 5) is 10.4. The Morgan fingerprint density at radius 3 is 2.62 bits per heavy atom. The Kier molecular flexibility index (Phi) is 4.42. The maximum Gasteiger partial charge on any atom is 0.269 e. The van der Waals surface area contributed by atoms with Gasteiger partial charge in [-0.15, -0.1) is 0 Å². The third-order valence-electron chi connectivity index (χ3n) is 3.26. The highest BCUT2D eigenvalue weighted by molar-refractivity contribution is 5.52. The van der Waals surface area contributed by atoms with Crippen LogP contribution in [0.2, 0.25) is 0 Å². The standard InChI is InChI=1S/C16H18N2O3/c1-11(2)14-5-3-4-6-16(14)21-10-12-9-13(18(19)20)7-8-15(12)17/h3-9,11H,10,17H2,1-2H3. The first kappa shape index (κ1) is 14.8. The molecule has 0 aliphatic heterocycles. The first-order valence-electron chi connectivity index (χ1n) is 6.73. The van der Waals surface area contributed by atoms with Crippen molar-refractivity contribution >= 4 is 11.4 Å². The first-order chi connectivity index (χ1) is 9.99. The van der Waals surface area contributed by atoms with Crippen LogP contribution in [0.3, 0.4) is 0 Å². The van der Waals surface area contributed by atoms with E-state index in [9.17, 15) is 10.1 Å². The lowest BCUT2D eigenvalue weighted by molar-refractivity contribution is -0.384. The molecule has 2 aromatic rings. The highest BCUT2D eigenvalue weighted by Gasteiger charge is 2.11. The Morgan fingerprint density at radius 1 is 1.24 bits per heavy atom. The number of nitro groups is 1. The lowest BCUT2D eigenvalue weighted by Gasteiger charge is -2.14. The van der Waals surface area contributed by atoms with Crippen LogP contribution in [0.25, 0.3) is 0 Å². The average Bonchev–Trinajstić information content (AvgIpc) is 2.46. The van der Waals surface area contributed by atoms with Crippen molar-refractivity contribution in [3.05, 3.63) is 63.7 Å². The first-order valence-corrected chi connectivity index (χ1v) is 6.73. The maximum atomic E-state index is 10.8. The summed E-state index contributed by atoms with van der Waals surface area (Å²) in [6.45, 7) is 4.38. The van der Waals surface area contributed by atoms with Gasteiger partial charge >= 0.3 is 0 Å². The SMILES string of the molecule is CC(C)c1ccccc1OCc1cc([N+](=O)[O-])ccc1N. The molecule has 0 radical (unpaired) electrons. The predicted molar refractivity (Wildman–Crippen MR) is 82.4 cm³/mol. The van der Waals surface area contributed by atoms with Gasteiger partial charge in [-0.05, 0) is 23.6 Å². The monoisotopic (exact) mass is 286 g/mol. The number of nitro benzene ring substituents is 1. The number of nitrogens with two attached hydrogens (primary N) is 1. The molecule has 0 aliphatic carbocycles. The van der Waals surface area contributed by atoms with E-state index in [0.717, 1.165) is 11.3 Å². The molecule has 21 heavy (non-hydrogen) atoms. The van der Waals surface area contributed by atoms with Crippen molar-refractivity contribution in [1.29, 1.82) is 0 Å². The highest BCUT2D eigenvalue weighted by Crippen LogP contribution is 2.28. The van der Waals surface area contributed by atoms with Crippen molar-refractivity contribution < 1.29 is 9.66 Å². The molecule has 0 amide bonds. The molecule has 2 aromatic carbocycles. The molecule has 0 unspecified atom stereocenters. The molecule has 2 rings (SSSR count). The number of nitrogen functional groups attached to an aromatic ring is 1. The van der Waals surface area contributed by atoms with Gasteiger partial charge in [-0.3, -0.25) is 10.1 Å². The molecule has 5 nitrogen and oxygen atoms in total. The quantitative estimate of drug-likeness (QED) is 0.514. The van der Waals surface area contributed by atoms with E-state index >= 15 is 0 Å². The van der Waals surface area contributed by atoms with Gasteiger partial charge in [0.15, 0.2) is 0 Å². The summed E-state index contributed by atoms with van der Waals surface area (Å²) in [6.07, 6.45) is 0. The van der Waals surface area contributed by atoms with Crippen LogP contribution in [-0.2, 0) is 6.61 Å². The number of rotatable bonds is 5. The van der Waals surface area contributed by atoms with E-state index in [2.05, 4.69) is 13.8 Å². The maximum absolute atomic E-state index is 10.8. The third-order valence-corrected chi connectivity index (χ3v) is 3.26. The molecule has 0 saturated carbocycles. The molecular weight excluding hydrogens is 268 g/mol. The van der Waals surface area contributed by atoms with Gasteiger partial charge < -0.3 is 10.5 Å². The van der Waals surface area contributed by atoms with Crippen LogP contribution in [-0.4, -0.2) is 4.92 Å². The summed E-state index contributed by atoms with van der Waals surface area (Å²) in [6, 6.07) is 12.1. The van der Waals surface area contributed by atoms with Crippen molar-refractivity contribution in [3.63, 3.8) is 0 Å². The topological polar surface area (TPSA) is 78.4 Å². The minimum absolute atomic E-state index is 0.0138. The lowest BCUT2D eigenvalue weighted by atomic mass is 10.0. The van der Waals surface area contributed by atoms with E-state index < -0.39 is 4.92 Å². The minimum atomic E-state index is -0.439. The highest BCUT2D eigenvalue weighted by atomic mass is 16.6. The van der Waals surface area contributed by atoms with Crippen molar-refractivity contribution in [2.75, 3.05) is 5.73 Å². The number of hydrogen-bond acceptors (Lipinski definition) is 4. The van der Waals surface area contributed by atoms with Crippen LogP contribution in [0.15, 0.2) is 42.5 Å². The number of para-hydroxylation sites is 1. The summed E-state index contributed by atoms with van der Waals surface area (Å²) in [7, 11) is 0. The molecule has 110 valence electrons. The van der Waals surface area contributed by atoms with Crippen LogP contribution in [0.1, 0.15) is 30.9 Å². The normalized spacial score (nSPS) is 10.6. The summed E-state index contributed by atoms with van der Waals surface area (Å²) in [5, 5.41) is 10.8. The van der Waals surface area contributed by atoms with Gasteiger partial charge in [-0.1, -0.05) is 32.0 Å². The van der Waals surface area contributed by atoms with E-state index in [1.54, 1.807) is 0 Å². The van der Waals surface area contributed by atoms with Crippen molar-refractivity contribution in [2.24, 2.45) is 0 Å². The zero-order valence-corrected chi connectivity index (χ0v) is 12.1. The number of hydrogen-bond donors (Lipinski definition) is 1. The van der Waals surface area contributed by atoms with Crippen molar-refractivity contribution in [2.45, 2.75) is 26.4 Å². The Hall–Kier alpha value is -2.56. The predicted octanol–water partition coefficient (Wildman–Crippen LogP) is 3.88. The molecule has 0 aliphatic rings. The summed E-state index contributed by atoms with van der Waals surface area (Å²) in [5.41, 5.74) is 8.06. The third kappa shape index (κ3) is 3.51. The zero-order chi connectivity index (χ0) is 15.4. The molecule has 0 atom stereocenters. The number of anilines is 1. The Morgan fingerprint density at radius 2 is 1.95 bits per heavy atom. The van der Waals surface area contributed by atoms with Crippen LogP contribution in [0, 0.1) is 10.1 Å². The molecule has 2 N–H and O–H groups in total. The average molecular weight is 286 g/mol. The Balaban J connectivity index is 2.20. The van der Waals surface area contributed by atoms with Gasteiger partial charge in [-0.25, -0.2) is 0 Å². The van der Waals surface area contributed by atoms with E-state index in [1.807, 2.05) is 24.3 Å². The number of ether oxygens (including phenoxy) is 1. The molecular formula is C16H18N2O3. The summed E-state index contributed by atoms with van der Waals surface area (Å²) >= 11 is 0. The zero-order valence-electron chi connectivity index (χ0n) is 12.1. The molecule has 0 aromatic heterocycles. The van der Waals surface area contributed by atoms with Gasteiger partial charge in [0.25, 0.3) is 5.69 Å². The molecule has 0 saturated heterocycles. The Labute approximate surface area is 123 Å². The molecule has 0 heterocycles. The molecule has 0 bridgehead atoms. The van der Waals surface area contributed by atoms with Crippen LogP contribution < -0.4 is 10.5 Å². The van der Waals surface area contributed by atoms with Crippen molar-refractivity contribution in [1.82, 2.24) is 0 Å². The second-order valence-corrected chi connectivity index (χ2v) is 5.12. The molecule has 0 fully saturated rings. The van der Waals surface area contributed by atoms with Gasteiger partial charge in [0.1, 0.15) is 12.4 Å². The molecule has 0 spiro atoms. The van der Waals surface area contributed by atoms with Crippen molar-refractivity contribution in [3.8, 4) is 5.75 Å². The van der Waals surface area contributed by atoms with Gasteiger partial charge in [0.2, 0.25) is 0 Å². The summed E-state index contributed by atoms with van der Waals surface area (Å²) < 4.78 is 5.80. The van der Waals surface area contributed by atoms with Gasteiger partial charge in [0, 0.05) is 23.4 Å². The van der Waals surface area contributed by atoms with Gasteiger partial charge in [0.05, 0.1) is 4.92 Å². The van der Waals surface area contributed by atoms with Crippen LogP contribution in [0.5, 0.6) is 5.75 Å². The Bertz CT molecular complexity index is 654. The fraction of sp³-hybridized carbons (Fsp3) is 0.250. The largest absolute Gasteiger partial charge is 0.489 e. The number of nitrogens with zero attached hydrogens (tertiary/aromatic N) is 1. The number of non-ortho nitro benzene ring substituents is 1. The van der Waals surface area contributed by atoms with E-state index in [0.29, 0.717) is 17.2 Å².